The van der Waals surface area contributed by atoms with Gasteiger partial charge in [0.05, 0.1) is 12.7 Å². The van der Waals surface area contributed by atoms with Gasteiger partial charge in [-0.3, -0.25) is 4.79 Å². The van der Waals surface area contributed by atoms with Crippen molar-refractivity contribution in [3.63, 3.8) is 0 Å². The second-order valence-corrected chi connectivity index (χ2v) is 5.55. The number of Topliss-reactive ketones (excluding diaryl/α,β-unsaturated/α-hetero) is 1. The van der Waals surface area contributed by atoms with Crippen LogP contribution in [0.4, 0.5) is 4.39 Å². The predicted molar refractivity (Wildman–Crippen MR) is 82.4 cm³/mol. The minimum atomic E-state index is -1.53. The highest BCUT2D eigenvalue weighted by atomic mass is 19.1. The van der Waals surface area contributed by atoms with Crippen LogP contribution in [-0.2, 0) is 19.1 Å². The average Bonchev–Trinajstić information content (AvgIpc) is 2.85. The van der Waals surface area contributed by atoms with E-state index in [1.165, 1.54) is 0 Å². The second kappa shape index (κ2) is 10.5. The highest BCUT2D eigenvalue weighted by molar-refractivity contribution is 5.98. The van der Waals surface area contributed by atoms with Crippen LogP contribution in [0.3, 0.4) is 0 Å². The molecule has 0 aromatic heterocycles. The van der Waals surface area contributed by atoms with E-state index in [0.717, 1.165) is 24.8 Å². The number of alkyl halides is 1. The van der Waals surface area contributed by atoms with Gasteiger partial charge in [0.2, 0.25) is 0 Å². The molecular weight excluding hydrogens is 287 g/mol. The van der Waals surface area contributed by atoms with E-state index < -0.39 is 12.1 Å². The van der Waals surface area contributed by atoms with E-state index >= 15 is 0 Å². The highest BCUT2D eigenvalue weighted by Crippen LogP contribution is 2.23. The summed E-state index contributed by atoms with van der Waals surface area (Å²) < 4.78 is 23.6. The quantitative estimate of drug-likeness (QED) is 0.432. The minimum absolute atomic E-state index is 0.0681. The van der Waals surface area contributed by atoms with E-state index in [0.29, 0.717) is 25.9 Å². The number of hydrogen-bond donors (Lipinski definition) is 0. The molecule has 0 aromatic rings. The molecule has 4 nitrogen and oxygen atoms in total. The lowest BCUT2D eigenvalue weighted by atomic mass is 10.0. The molecule has 0 spiro atoms. The van der Waals surface area contributed by atoms with E-state index in [2.05, 4.69) is 4.74 Å². The summed E-state index contributed by atoms with van der Waals surface area (Å²) in [6.45, 7) is 4.58. The number of ketones is 1. The Balaban J connectivity index is 2.16. The third-order valence-electron chi connectivity index (χ3n) is 3.61. The largest absolute Gasteiger partial charge is 0.464 e. The number of hydrogen-bond acceptors (Lipinski definition) is 4. The summed E-state index contributed by atoms with van der Waals surface area (Å²) in [6, 6.07) is 0. The maximum Gasteiger partial charge on any atom is 0.340 e. The predicted octanol–water partition coefficient (Wildman–Crippen LogP) is 3.53. The van der Waals surface area contributed by atoms with Crippen LogP contribution in [0.5, 0.6) is 0 Å². The second-order valence-electron chi connectivity index (χ2n) is 5.55. The lowest BCUT2D eigenvalue weighted by molar-refractivity contribution is -0.149. The van der Waals surface area contributed by atoms with Crippen molar-refractivity contribution in [1.29, 1.82) is 0 Å². The molecule has 0 saturated carbocycles. The standard InChI is InChI=1S/C17H27FO4/c1-3-10-22-14-11-13(16(19)12-14)8-6-5-7-9-15(18)17(20)21-4-2/h11,14-15H,3-10,12H2,1-2H3. The molecule has 0 heterocycles. The normalized spacial score (nSPS) is 19.1. The first-order chi connectivity index (χ1) is 10.6. The van der Waals surface area contributed by atoms with Crippen molar-refractivity contribution in [2.75, 3.05) is 13.2 Å². The molecule has 0 N–H and O–H groups in total. The number of halogens is 1. The Hall–Kier alpha value is -1.23. The number of esters is 1. The molecule has 5 heteroatoms. The number of ether oxygens (including phenoxy) is 2. The Morgan fingerprint density at radius 1 is 1.36 bits per heavy atom. The van der Waals surface area contributed by atoms with Gasteiger partial charge < -0.3 is 9.47 Å². The van der Waals surface area contributed by atoms with E-state index in [1.54, 1.807) is 6.92 Å². The fourth-order valence-electron chi connectivity index (χ4n) is 2.46. The smallest absolute Gasteiger partial charge is 0.340 e. The Labute approximate surface area is 132 Å². The van der Waals surface area contributed by atoms with Gasteiger partial charge >= 0.3 is 5.97 Å². The molecule has 0 saturated heterocycles. The van der Waals surface area contributed by atoms with Gasteiger partial charge in [0.1, 0.15) is 0 Å². The highest BCUT2D eigenvalue weighted by Gasteiger charge is 2.24. The zero-order valence-corrected chi connectivity index (χ0v) is 13.6. The van der Waals surface area contributed by atoms with Gasteiger partial charge in [0.25, 0.3) is 0 Å². The van der Waals surface area contributed by atoms with Gasteiger partial charge in [0, 0.05) is 13.0 Å². The maximum atomic E-state index is 13.4. The molecule has 1 aliphatic carbocycles. The van der Waals surface area contributed by atoms with Gasteiger partial charge in [-0.2, -0.15) is 0 Å². The van der Waals surface area contributed by atoms with E-state index in [-0.39, 0.29) is 24.9 Å². The fraction of sp³-hybridized carbons (Fsp3) is 0.765. The SMILES string of the molecule is CCCOC1C=C(CCCCCC(F)C(=O)OCC)C(=O)C1. The van der Waals surface area contributed by atoms with E-state index in [1.807, 2.05) is 13.0 Å². The molecule has 1 aliphatic rings. The number of carbonyl (C=O) groups is 2. The summed E-state index contributed by atoms with van der Waals surface area (Å²) in [7, 11) is 0. The Bertz CT molecular complexity index is 392. The third-order valence-corrected chi connectivity index (χ3v) is 3.61. The molecule has 1 rings (SSSR count). The van der Waals surface area contributed by atoms with Gasteiger partial charge in [-0.05, 0) is 50.7 Å². The summed E-state index contributed by atoms with van der Waals surface area (Å²) in [6.07, 6.45) is 4.86. The average molecular weight is 314 g/mol. The summed E-state index contributed by atoms with van der Waals surface area (Å²) in [5.74, 6) is -0.608. The Morgan fingerprint density at radius 2 is 2.14 bits per heavy atom. The maximum absolute atomic E-state index is 13.4. The zero-order valence-electron chi connectivity index (χ0n) is 13.6. The molecule has 0 fully saturated rings. The molecule has 0 radical (unpaired) electrons. The molecule has 0 amide bonds. The van der Waals surface area contributed by atoms with Gasteiger partial charge in [-0.15, -0.1) is 0 Å². The van der Waals surface area contributed by atoms with Crippen molar-refractivity contribution in [2.24, 2.45) is 0 Å². The molecule has 22 heavy (non-hydrogen) atoms. The van der Waals surface area contributed by atoms with Gasteiger partial charge in [-0.25, -0.2) is 9.18 Å². The van der Waals surface area contributed by atoms with Crippen molar-refractivity contribution in [3.8, 4) is 0 Å². The lowest BCUT2D eigenvalue weighted by Gasteiger charge is -2.07. The first-order valence-electron chi connectivity index (χ1n) is 8.24. The van der Waals surface area contributed by atoms with Crippen LogP contribution in [-0.4, -0.2) is 37.2 Å². The van der Waals surface area contributed by atoms with Crippen molar-refractivity contribution in [1.82, 2.24) is 0 Å². The van der Waals surface area contributed by atoms with Crippen LogP contribution >= 0.6 is 0 Å². The van der Waals surface area contributed by atoms with E-state index in [9.17, 15) is 14.0 Å². The van der Waals surface area contributed by atoms with Crippen molar-refractivity contribution in [2.45, 2.75) is 71.1 Å². The van der Waals surface area contributed by atoms with Crippen LogP contribution in [0.1, 0.15) is 58.8 Å². The summed E-state index contributed by atoms with van der Waals surface area (Å²) in [5, 5.41) is 0. The van der Waals surface area contributed by atoms with Crippen molar-refractivity contribution in [3.05, 3.63) is 11.6 Å². The van der Waals surface area contributed by atoms with Crippen LogP contribution in [0.15, 0.2) is 11.6 Å². The lowest BCUT2D eigenvalue weighted by Crippen LogP contribution is -2.18. The molecule has 0 aromatic carbocycles. The van der Waals surface area contributed by atoms with E-state index in [4.69, 9.17) is 4.74 Å². The Kier molecular flexibility index (Phi) is 8.97. The summed E-state index contributed by atoms with van der Waals surface area (Å²) in [5.41, 5.74) is 0.836. The van der Waals surface area contributed by atoms with Gasteiger partial charge in [0.15, 0.2) is 12.0 Å². The first kappa shape index (κ1) is 18.8. The molecule has 0 aliphatic heterocycles. The molecule has 126 valence electrons. The number of carbonyl (C=O) groups excluding carboxylic acids is 2. The minimum Gasteiger partial charge on any atom is -0.464 e. The Morgan fingerprint density at radius 3 is 2.82 bits per heavy atom. The van der Waals surface area contributed by atoms with Gasteiger partial charge in [-0.1, -0.05) is 13.3 Å². The number of allylic oxidation sites excluding steroid dienone is 1. The number of unbranched alkanes of at least 4 members (excludes halogenated alkanes) is 2. The first-order valence-corrected chi connectivity index (χ1v) is 8.24. The van der Waals surface area contributed by atoms with Crippen LogP contribution in [0, 0.1) is 0 Å². The molecule has 2 unspecified atom stereocenters. The third kappa shape index (κ3) is 6.69. The molecule has 2 atom stereocenters. The summed E-state index contributed by atoms with van der Waals surface area (Å²) in [4.78, 5) is 22.9. The molecule has 0 bridgehead atoms. The van der Waals surface area contributed by atoms with Crippen LogP contribution in [0.25, 0.3) is 0 Å². The topological polar surface area (TPSA) is 52.6 Å². The summed E-state index contributed by atoms with van der Waals surface area (Å²) >= 11 is 0. The van der Waals surface area contributed by atoms with Crippen molar-refractivity contribution < 1.29 is 23.5 Å². The van der Waals surface area contributed by atoms with Crippen molar-refractivity contribution >= 4 is 11.8 Å². The molecular formula is C17H27FO4. The monoisotopic (exact) mass is 314 g/mol. The van der Waals surface area contributed by atoms with Crippen LogP contribution < -0.4 is 0 Å². The fourth-order valence-corrected chi connectivity index (χ4v) is 2.46. The van der Waals surface area contributed by atoms with Crippen LogP contribution in [0.2, 0.25) is 0 Å². The number of rotatable bonds is 11. The zero-order chi connectivity index (χ0) is 16.4.